The SMILES string of the molecule is Ic1cc(N2CCCc3ccccc32)cc(N2CCNCC2)n1. The van der Waals surface area contributed by atoms with E-state index in [-0.39, 0.29) is 0 Å². The number of benzene rings is 1. The number of fused-ring (bicyclic) bond motifs is 1. The van der Waals surface area contributed by atoms with Gasteiger partial charge in [0.1, 0.15) is 9.52 Å². The third-order valence-corrected chi connectivity index (χ3v) is 5.18. The molecule has 5 heteroatoms. The average molecular weight is 420 g/mol. The lowest BCUT2D eigenvalue weighted by Gasteiger charge is -2.33. The minimum absolute atomic E-state index is 1.03. The molecule has 120 valence electrons. The highest BCUT2D eigenvalue weighted by atomic mass is 127. The molecule has 2 aromatic rings. The number of aryl methyl sites for hydroxylation is 1. The van der Waals surface area contributed by atoms with E-state index in [1.165, 1.54) is 29.8 Å². The van der Waals surface area contributed by atoms with Crippen LogP contribution in [0.15, 0.2) is 36.4 Å². The molecule has 2 aliphatic rings. The first-order valence-corrected chi connectivity index (χ1v) is 9.38. The molecule has 1 aromatic carbocycles. The average Bonchev–Trinajstić information content (AvgIpc) is 2.61. The third kappa shape index (κ3) is 3.17. The second kappa shape index (κ2) is 6.65. The molecule has 0 spiro atoms. The molecule has 4 rings (SSSR count). The Labute approximate surface area is 151 Å². The van der Waals surface area contributed by atoms with Crippen LogP contribution in [-0.2, 0) is 6.42 Å². The number of nitrogens with zero attached hydrogens (tertiary/aromatic N) is 3. The Morgan fingerprint density at radius 3 is 2.74 bits per heavy atom. The maximum atomic E-state index is 4.77. The molecule has 2 aliphatic heterocycles. The van der Waals surface area contributed by atoms with Crippen molar-refractivity contribution in [1.29, 1.82) is 0 Å². The normalized spacial score (nSPS) is 18.0. The number of halogens is 1. The quantitative estimate of drug-likeness (QED) is 0.598. The molecule has 0 saturated carbocycles. The molecule has 1 aromatic heterocycles. The highest BCUT2D eigenvalue weighted by Gasteiger charge is 2.20. The van der Waals surface area contributed by atoms with Crippen molar-refractivity contribution in [3.63, 3.8) is 0 Å². The summed E-state index contributed by atoms with van der Waals surface area (Å²) in [4.78, 5) is 9.61. The van der Waals surface area contributed by atoms with Crippen molar-refractivity contribution in [2.45, 2.75) is 12.8 Å². The number of aromatic nitrogens is 1. The van der Waals surface area contributed by atoms with Gasteiger partial charge in [0.25, 0.3) is 0 Å². The minimum Gasteiger partial charge on any atom is -0.354 e. The summed E-state index contributed by atoms with van der Waals surface area (Å²) < 4.78 is 1.07. The molecule has 23 heavy (non-hydrogen) atoms. The maximum Gasteiger partial charge on any atom is 0.131 e. The van der Waals surface area contributed by atoms with Crippen LogP contribution in [0.1, 0.15) is 12.0 Å². The monoisotopic (exact) mass is 420 g/mol. The Kier molecular flexibility index (Phi) is 4.39. The lowest BCUT2D eigenvalue weighted by Crippen LogP contribution is -2.44. The van der Waals surface area contributed by atoms with Crippen LogP contribution >= 0.6 is 22.6 Å². The Morgan fingerprint density at radius 1 is 1.04 bits per heavy atom. The number of nitrogens with one attached hydrogen (secondary N) is 1. The molecular formula is C18H21IN4. The predicted molar refractivity (Wildman–Crippen MR) is 104 cm³/mol. The Hall–Kier alpha value is -1.34. The highest BCUT2D eigenvalue weighted by Crippen LogP contribution is 2.35. The Balaban J connectivity index is 1.71. The standard InChI is InChI=1S/C18H21IN4/c19-17-12-15(13-18(21-17)22-10-7-20-8-11-22)23-9-3-5-14-4-1-2-6-16(14)23/h1-2,4,6,12-13,20H,3,5,7-11H2. The van der Waals surface area contributed by atoms with Gasteiger partial charge in [-0.05, 0) is 53.1 Å². The van der Waals surface area contributed by atoms with Crippen LogP contribution in [0.5, 0.6) is 0 Å². The number of hydrogen-bond acceptors (Lipinski definition) is 4. The number of piperazine rings is 1. The number of para-hydroxylation sites is 1. The second-order valence-electron chi connectivity index (χ2n) is 6.13. The van der Waals surface area contributed by atoms with Crippen molar-refractivity contribution in [2.75, 3.05) is 42.5 Å². The topological polar surface area (TPSA) is 31.4 Å². The molecule has 0 aliphatic carbocycles. The molecular weight excluding hydrogens is 399 g/mol. The molecule has 0 amide bonds. The summed E-state index contributed by atoms with van der Waals surface area (Å²) in [6.07, 6.45) is 2.39. The number of anilines is 3. The first-order chi connectivity index (χ1) is 11.3. The van der Waals surface area contributed by atoms with E-state index in [0.717, 1.165) is 42.2 Å². The van der Waals surface area contributed by atoms with Crippen molar-refractivity contribution >= 4 is 39.8 Å². The van der Waals surface area contributed by atoms with E-state index in [9.17, 15) is 0 Å². The third-order valence-electron chi connectivity index (χ3n) is 4.63. The first kappa shape index (κ1) is 15.2. The van der Waals surface area contributed by atoms with Gasteiger partial charge in [-0.1, -0.05) is 18.2 Å². The second-order valence-corrected chi connectivity index (χ2v) is 7.23. The number of hydrogen-bond donors (Lipinski definition) is 1. The lowest BCUT2D eigenvalue weighted by atomic mass is 10.0. The molecule has 0 atom stereocenters. The zero-order chi connectivity index (χ0) is 15.6. The van der Waals surface area contributed by atoms with E-state index in [4.69, 9.17) is 4.98 Å². The number of pyridine rings is 1. The summed E-state index contributed by atoms with van der Waals surface area (Å²) in [6, 6.07) is 13.2. The smallest absolute Gasteiger partial charge is 0.131 e. The van der Waals surface area contributed by atoms with E-state index in [1.54, 1.807) is 0 Å². The van der Waals surface area contributed by atoms with Crippen LogP contribution in [-0.4, -0.2) is 37.7 Å². The van der Waals surface area contributed by atoms with Gasteiger partial charge in [0, 0.05) is 50.2 Å². The van der Waals surface area contributed by atoms with Crippen LogP contribution in [0, 0.1) is 3.70 Å². The van der Waals surface area contributed by atoms with Crippen molar-refractivity contribution < 1.29 is 0 Å². The van der Waals surface area contributed by atoms with Crippen LogP contribution in [0.3, 0.4) is 0 Å². The van der Waals surface area contributed by atoms with Crippen LogP contribution in [0.2, 0.25) is 0 Å². The largest absolute Gasteiger partial charge is 0.354 e. The van der Waals surface area contributed by atoms with Gasteiger partial charge < -0.3 is 15.1 Å². The van der Waals surface area contributed by atoms with E-state index in [2.05, 4.69) is 74.1 Å². The van der Waals surface area contributed by atoms with Crippen molar-refractivity contribution in [1.82, 2.24) is 10.3 Å². The minimum atomic E-state index is 1.03. The summed E-state index contributed by atoms with van der Waals surface area (Å²) in [7, 11) is 0. The van der Waals surface area contributed by atoms with E-state index in [1.807, 2.05) is 0 Å². The van der Waals surface area contributed by atoms with Crippen LogP contribution in [0.25, 0.3) is 0 Å². The molecule has 0 radical (unpaired) electrons. The fraction of sp³-hybridized carbons (Fsp3) is 0.389. The van der Waals surface area contributed by atoms with Gasteiger partial charge >= 0.3 is 0 Å². The molecule has 0 bridgehead atoms. The summed E-state index contributed by atoms with van der Waals surface area (Å²) in [5.41, 5.74) is 4.08. The molecule has 0 unspecified atom stereocenters. The van der Waals surface area contributed by atoms with Crippen LogP contribution < -0.4 is 15.1 Å². The summed E-state index contributed by atoms with van der Waals surface area (Å²) in [5.74, 6) is 1.11. The van der Waals surface area contributed by atoms with Gasteiger partial charge in [0.2, 0.25) is 0 Å². The highest BCUT2D eigenvalue weighted by molar-refractivity contribution is 14.1. The van der Waals surface area contributed by atoms with Gasteiger partial charge in [-0.25, -0.2) is 4.98 Å². The fourth-order valence-electron chi connectivity index (χ4n) is 3.48. The lowest BCUT2D eigenvalue weighted by molar-refractivity contribution is 0.584. The van der Waals surface area contributed by atoms with E-state index >= 15 is 0 Å². The predicted octanol–water partition coefficient (Wildman–Crippen LogP) is 3.18. The van der Waals surface area contributed by atoms with Gasteiger partial charge in [-0.2, -0.15) is 0 Å². The van der Waals surface area contributed by atoms with E-state index in [0.29, 0.717) is 0 Å². The van der Waals surface area contributed by atoms with Gasteiger partial charge in [-0.15, -0.1) is 0 Å². The van der Waals surface area contributed by atoms with Crippen molar-refractivity contribution in [3.05, 3.63) is 45.7 Å². The van der Waals surface area contributed by atoms with Crippen molar-refractivity contribution in [2.24, 2.45) is 0 Å². The Morgan fingerprint density at radius 2 is 1.87 bits per heavy atom. The molecule has 1 N–H and O–H groups in total. The first-order valence-electron chi connectivity index (χ1n) is 8.30. The number of rotatable bonds is 2. The zero-order valence-electron chi connectivity index (χ0n) is 13.1. The Bertz CT molecular complexity index is 697. The van der Waals surface area contributed by atoms with Crippen LogP contribution in [0.4, 0.5) is 17.2 Å². The summed E-state index contributed by atoms with van der Waals surface area (Å²) in [6.45, 7) is 5.22. The van der Waals surface area contributed by atoms with Crippen molar-refractivity contribution in [3.8, 4) is 0 Å². The van der Waals surface area contributed by atoms with E-state index < -0.39 is 0 Å². The van der Waals surface area contributed by atoms with Gasteiger partial charge in [-0.3, -0.25) is 0 Å². The maximum absolute atomic E-state index is 4.77. The fourth-order valence-corrected chi connectivity index (χ4v) is 4.05. The zero-order valence-corrected chi connectivity index (χ0v) is 15.3. The van der Waals surface area contributed by atoms with Gasteiger partial charge in [0.15, 0.2) is 0 Å². The summed E-state index contributed by atoms with van der Waals surface area (Å²) in [5, 5.41) is 3.41. The molecule has 3 heterocycles. The molecule has 1 saturated heterocycles. The molecule has 1 fully saturated rings. The van der Waals surface area contributed by atoms with Gasteiger partial charge in [0.05, 0.1) is 0 Å². The molecule has 4 nitrogen and oxygen atoms in total. The summed E-state index contributed by atoms with van der Waals surface area (Å²) >= 11 is 2.34.